The fraction of sp³-hybridized carbons (Fsp3) is 0.556. The monoisotopic (exact) mass is 229 g/mol. The first-order chi connectivity index (χ1) is 7.34. The summed E-state index contributed by atoms with van der Waals surface area (Å²) in [4.78, 5) is 41.7. The largest absolute Gasteiger partial charge is 0.548 e. The van der Waals surface area contributed by atoms with Gasteiger partial charge >= 0.3 is 0 Å². The third kappa shape index (κ3) is 5.74. The van der Waals surface area contributed by atoms with E-state index in [4.69, 9.17) is 0 Å². The van der Waals surface area contributed by atoms with Gasteiger partial charge in [-0.15, -0.1) is 0 Å². The van der Waals surface area contributed by atoms with Gasteiger partial charge in [0.1, 0.15) is 5.97 Å². The molecule has 0 saturated heterocycles. The second kappa shape index (κ2) is 6.54. The van der Waals surface area contributed by atoms with E-state index >= 15 is 0 Å². The first-order valence-electron chi connectivity index (χ1n) is 4.56. The van der Waals surface area contributed by atoms with Gasteiger partial charge in [0.25, 0.3) is 0 Å². The second-order valence-electron chi connectivity index (χ2n) is 3.18. The second-order valence-corrected chi connectivity index (χ2v) is 3.18. The van der Waals surface area contributed by atoms with Crippen LogP contribution in [-0.2, 0) is 19.2 Å². The van der Waals surface area contributed by atoms with Crippen molar-refractivity contribution in [3.8, 4) is 0 Å². The number of aliphatic carboxylic acids is 2. The number of carbonyl (C=O) groups excluding carboxylic acids is 4. The van der Waals surface area contributed by atoms with Gasteiger partial charge in [0, 0.05) is 13.3 Å². The first kappa shape index (κ1) is 14.1. The lowest BCUT2D eigenvalue weighted by molar-refractivity contribution is -0.308. The van der Waals surface area contributed by atoms with Crippen LogP contribution in [0.15, 0.2) is 0 Å². The van der Waals surface area contributed by atoms with Crippen LogP contribution < -0.4 is 15.5 Å². The van der Waals surface area contributed by atoms with Crippen molar-refractivity contribution in [1.82, 2.24) is 5.32 Å². The maximum absolute atomic E-state index is 10.6. The molecule has 0 rings (SSSR count). The fourth-order valence-electron chi connectivity index (χ4n) is 1.06. The number of Topliss-reactive ketones (excluding diaryl/α,β-unsaturated/α-hetero) is 1. The molecule has 0 aliphatic rings. The predicted octanol–water partition coefficient (Wildman–Crippen LogP) is -3.27. The van der Waals surface area contributed by atoms with Crippen LogP contribution in [0.2, 0.25) is 0 Å². The number of nitrogens with one attached hydrogen (secondary N) is 1. The Labute approximate surface area is 91.4 Å². The molecule has 0 aromatic rings. The summed E-state index contributed by atoms with van der Waals surface area (Å²) >= 11 is 0. The molecule has 0 aromatic carbocycles. The number of carboxylic acids is 2. The molecule has 0 radical (unpaired) electrons. The SMILES string of the molecule is CC(=O)NC(CCCC(=O)C(=O)[O-])C(=O)[O-]. The molecule has 0 aromatic heterocycles. The standard InChI is InChI=1S/C9H13NO6/c1-5(11)10-6(8(13)14)3-2-4-7(12)9(15)16/h6H,2-4H2,1H3,(H,10,11)(H,13,14)(H,15,16)/p-2. The summed E-state index contributed by atoms with van der Waals surface area (Å²) in [6, 6.07) is -1.22. The van der Waals surface area contributed by atoms with Gasteiger partial charge in [0.05, 0.1) is 12.0 Å². The van der Waals surface area contributed by atoms with Crippen LogP contribution in [-0.4, -0.2) is 29.7 Å². The van der Waals surface area contributed by atoms with Gasteiger partial charge in [0.2, 0.25) is 5.91 Å². The quantitative estimate of drug-likeness (QED) is 0.456. The highest BCUT2D eigenvalue weighted by Crippen LogP contribution is 2.01. The molecule has 1 N–H and O–H groups in total. The van der Waals surface area contributed by atoms with Crippen LogP contribution in [0.25, 0.3) is 0 Å². The molecule has 1 amide bonds. The van der Waals surface area contributed by atoms with Crippen molar-refractivity contribution < 1.29 is 29.4 Å². The molecular weight excluding hydrogens is 218 g/mol. The Morgan fingerprint density at radius 3 is 2.12 bits per heavy atom. The van der Waals surface area contributed by atoms with Gasteiger partial charge in [-0.3, -0.25) is 9.59 Å². The maximum Gasteiger partial charge on any atom is 0.217 e. The molecule has 0 aliphatic heterocycles. The average molecular weight is 229 g/mol. The zero-order valence-electron chi connectivity index (χ0n) is 8.65. The molecule has 16 heavy (non-hydrogen) atoms. The van der Waals surface area contributed by atoms with E-state index in [1.165, 1.54) is 0 Å². The summed E-state index contributed by atoms with van der Waals surface area (Å²) in [7, 11) is 0. The molecule has 90 valence electrons. The van der Waals surface area contributed by atoms with E-state index in [0.29, 0.717) is 0 Å². The summed E-state index contributed by atoms with van der Waals surface area (Å²) in [5, 5.41) is 22.6. The zero-order chi connectivity index (χ0) is 12.7. The molecule has 0 heterocycles. The highest BCUT2D eigenvalue weighted by molar-refractivity contribution is 6.31. The van der Waals surface area contributed by atoms with Crippen molar-refractivity contribution in [2.24, 2.45) is 0 Å². The molecule has 0 bridgehead atoms. The smallest absolute Gasteiger partial charge is 0.217 e. The Hall–Kier alpha value is -1.92. The molecule has 7 heteroatoms. The van der Waals surface area contributed by atoms with Crippen LogP contribution in [0, 0.1) is 0 Å². The Morgan fingerprint density at radius 2 is 1.75 bits per heavy atom. The van der Waals surface area contributed by atoms with E-state index in [9.17, 15) is 29.4 Å². The van der Waals surface area contributed by atoms with Crippen LogP contribution in [0.5, 0.6) is 0 Å². The summed E-state index contributed by atoms with van der Waals surface area (Å²) < 4.78 is 0. The number of carboxylic acid groups (broad SMARTS) is 2. The van der Waals surface area contributed by atoms with Crippen molar-refractivity contribution in [2.45, 2.75) is 32.2 Å². The Morgan fingerprint density at radius 1 is 1.19 bits per heavy atom. The van der Waals surface area contributed by atoms with Crippen LogP contribution >= 0.6 is 0 Å². The van der Waals surface area contributed by atoms with Crippen molar-refractivity contribution in [2.75, 3.05) is 0 Å². The number of hydrogen-bond donors (Lipinski definition) is 1. The highest BCUT2D eigenvalue weighted by Gasteiger charge is 2.12. The predicted molar refractivity (Wildman–Crippen MR) is 46.5 cm³/mol. The van der Waals surface area contributed by atoms with E-state index < -0.39 is 29.7 Å². The highest BCUT2D eigenvalue weighted by atomic mass is 16.4. The zero-order valence-corrected chi connectivity index (χ0v) is 8.65. The fourth-order valence-corrected chi connectivity index (χ4v) is 1.06. The molecule has 7 nitrogen and oxygen atoms in total. The first-order valence-corrected chi connectivity index (χ1v) is 4.56. The molecule has 0 saturated carbocycles. The topological polar surface area (TPSA) is 126 Å². The number of rotatable bonds is 7. The number of ketones is 1. The van der Waals surface area contributed by atoms with Crippen LogP contribution in [0.1, 0.15) is 26.2 Å². The van der Waals surface area contributed by atoms with Gasteiger partial charge in [-0.2, -0.15) is 0 Å². The van der Waals surface area contributed by atoms with Gasteiger partial charge in [-0.05, 0) is 12.8 Å². The maximum atomic E-state index is 10.6. The van der Waals surface area contributed by atoms with Crippen molar-refractivity contribution in [1.29, 1.82) is 0 Å². The third-order valence-corrected chi connectivity index (χ3v) is 1.79. The minimum absolute atomic E-state index is 0.0196. The van der Waals surface area contributed by atoms with Crippen molar-refractivity contribution in [3.05, 3.63) is 0 Å². The number of carbonyl (C=O) groups is 4. The average Bonchev–Trinajstić information content (AvgIpc) is 2.14. The lowest BCUT2D eigenvalue weighted by Gasteiger charge is -2.18. The number of hydrogen-bond acceptors (Lipinski definition) is 6. The van der Waals surface area contributed by atoms with E-state index in [0.717, 1.165) is 6.92 Å². The number of amides is 1. The lowest BCUT2D eigenvalue weighted by atomic mass is 10.1. The molecule has 0 aliphatic carbocycles. The van der Waals surface area contributed by atoms with Gasteiger partial charge in [-0.25, -0.2) is 0 Å². The summed E-state index contributed by atoms with van der Waals surface area (Å²) in [5.74, 6) is -4.92. The third-order valence-electron chi connectivity index (χ3n) is 1.79. The van der Waals surface area contributed by atoms with Crippen molar-refractivity contribution in [3.63, 3.8) is 0 Å². The summed E-state index contributed by atoms with van der Waals surface area (Å²) in [6.45, 7) is 1.14. The Balaban J connectivity index is 4.03. The molecule has 1 unspecified atom stereocenters. The normalized spacial score (nSPS) is 11.6. The van der Waals surface area contributed by atoms with Gasteiger partial charge in [-0.1, -0.05) is 0 Å². The van der Waals surface area contributed by atoms with Gasteiger partial charge < -0.3 is 25.1 Å². The van der Waals surface area contributed by atoms with E-state index in [2.05, 4.69) is 5.32 Å². The van der Waals surface area contributed by atoms with Crippen LogP contribution in [0.4, 0.5) is 0 Å². The minimum Gasteiger partial charge on any atom is -0.548 e. The van der Waals surface area contributed by atoms with E-state index in [1.807, 2.05) is 0 Å². The van der Waals surface area contributed by atoms with Gasteiger partial charge in [0.15, 0.2) is 5.78 Å². The minimum atomic E-state index is -1.80. The molecule has 0 fully saturated rings. The summed E-state index contributed by atoms with van der Waals surface area (Å²) in [6.07, 6.45) is -0.377. The Kier molecular flexibility index (Phi) is 5.76. The van der Waals surface area contributed by atoms with E-state index in [-0.39, 0.29) is 19.3 Å². The van der Waals surface area contributed by atoms with E-state index in [1.54, 1.807) is 0 Å². The molecular formula is C9H11NO6-2. The summed E-state index contributed by atoms with van der Waals surface area (Å²) in [5.41, 5.74) is 0. The lowest BCUT2D eigenvalue weighted by Crippen LogP contribution is -2.47. The van der Waals surface area contributed by atoms with Crippen molar-refractivity contribution >= 4 is 23.6 Å². The molecule has 0 spiro atoms. The molecule has 1 atom stereocenters. The van der Waals surface area contributed by atoms with Crippen LogP contribution in [0.3, 0.4) is 0 Å². The Bertz CT molecular complexity index is 311.